The van der Waals surface area contributed by atoms with Crippen LogP contribution in [0.1, 0.15) is 32.1 Å². The highest BCUT2D eigenvalue weighted by Crippen LogP contribution is 2.22. The van der Waals surface area contributed by atoms with Gasteiger partial charge in [0, 0.05) is 18.0 Å². The Balaban J connectivity index is 2.22. The largest absolute Gasteiger partial charge is 0.465 e. The maximum atomic E-state index is 11.8. The lowest BCUT2D eigenvalue weighted by molar-refractivity contribution is -0.145. The van der Waals surface area contributed by atoms with Crippen molar-refractivity contribution in [2.24, 2.45) is 0 Å². The van der Waals surface area contributed by atoms with Crippen molar-refractivity contribution in [3.05, 3.63) is 30.4 Å². The van der Waals surface area contributed by atoms with Crippen LogP contribution >= 0.6 is 0 Å². The first-order valence-electron chi connectivity index (χ1n) is 6.16. The molecule has 0 spiro atoms. The summed E-state index contributed by atoms with van der Waals surface area (Å²) >= 11 is 0. The van der Waals surface area contributed by atoms with E-state index in [0.29, 0.717) is 18.9 Å². The average Bonchev–Trinajstić information content (AvgIpc) is 2.90. The molecule has 6 heteroatoms. The summed E-state index contributed by atoms with van der Waals surface area (Å²) in [5.41, 5.74) is 0.795. The third kappa shape index (κ3) is 2.96. The summed E-state index contributed by atoms with van der Waals surface area (Å²) in [6, 6.07) is 3.56. The lowest BCUT2D eigenvalue weighted by Crippen LogP contribution is -2.15. The summed E-state index contributed by atoms with van der Waals surface area (Å²) in [6.07, 6.45) is 3.85. The van der Waals surface area contributed by atoms with E-state index in [0.717, 1.165) is 5.56 Å². The molecule has 0 aliphatic rings. The Morgan fingerprint density at radius 3 is 2.74 bits per heavy atom. The Bertz CT molecular complexity index is 539. The van der Waals surface area contributed by atoms with Crippen LogP contribution < -0.4 is 0 Å². The third-order valence-electron chi connectivity index (χ3n) is 2.66. The van der Waals surface area contributed by atoms with E-state index in [1.165, 1.54) is 0 Å². The SMILES string of the molecule is CCOC(=O)C(CC)c1nc(-c2ccncc2)no1. The zero-order valence-corrected chi connectivity index (χ0v) is 10.9. The minimum Gasteiger partial charge on any atom is -0.465 e. The van der Waals surface area contributed by atoms with Crippen molar-refractivity contribution >= 4 is 5.97 Å². The number of hydrogen-bond donors (Lipinski definition) is 0. The minimum atomic E-state index is -0.511. The number of pyridine rings is 1. The number of ether oxygens (including phenoxy) is 1. The van der Waals surface area contributed by atoms with Gasteiger partial charge in [-0.3, -0.25) is 9.78 Å². The van der Waals surface area contributed by atoms with Gasteiger partial charge in [0.1, 0.15) is 5.92 Å². The minimum absolute atomic E-state index is 0.285. The van der Waals surface area contributed by atoms with Gasteiger partial charge < -0.3 is 9.26 Å². The van der Waals surface area contributed by atoms with E-state index >= 15 is 0 Å². The summed E-state index contributed by atoms with van der Waals surface area (Å²) in [5, 5.41) is 3.88. The molecule has 100 valence electrons. The van der Waals surface area contributed by atoms with Gasteiger partial charge in [-0.05, 0) is 25.5 Å². The number of nitrogens with zero attached hydrogens (tertiary/aromatic N) is 3. The molecule has 0 radical (unpaired) electrons. The van der Waals surface area contributed by atoms with Crippen LogP contribution in [0.5, 0.6) is 0 Å². The van der Waals surface area contributed by atoms with Crippen LogP contribution in [-0.2, 0) is 9.53 Å². The molecule has 1 unspecified atom stereocenters. The first kappa shape index (κ1) is 13.2. The summed E-state index contributed by atoms with van der Waals surface area (Å²) in [7, 11) is 0. The van der Waals surface area contributed by atoms with E-state index in [1.54, 1.807) is 31.5 Å². The van der Waals surface area contributed by atoms with Gasteiger partial charge >= 0.3 is 5.97 Å². The highest BCUT2D eigenvalue weighted by molar-refractivity contribution is 5.76. The molecular formula is C13H15N3O3. The van der Waals surface area contributed by atoms with Gasteiger partial charge in [-0.1, -0.05) is 12.1 Å². The second-order valence-electron chi connectivity index (χ2n) is 3.90. The standard InChI is InChI=1S/C13H15N3O3/c1-3-10(13(17)18-4-2)12-15-11(16-19-12)9-5-7-14-8-6-9/h5-8,10H,3-4H2,1-2H3. The molecule has 2 aromatic heterocycles. The molecule has 0 fully saturated rings. The van der Waals surface area contributed by atoms with Crippen LogP contribution in [0.2, 0.25) is 0 Å². The fraction of sp³-hybridized carbons (Fsp3) is 0.385. The first-order chi connectivity index (χ1) is 9.26. The van der Waals surface area contributed by atoms with E-state index in [2.05, 4.69) is 15.1 Å². The van der Waals surface area contributed by atoms with Gasteiger partial charge in [-0.25, -0.2) is 0 Å². The monoisotopic (exact) mass is 261 g/mol. The molecule has 0 aliphatic heterocycles. The zero-order valence-electron chi connectivity index (χ0n) is 10.9. The summed E-state index contributed by atoms with van der Waals surface area (Å²) in [4.78, 5) is 19.9. The van der Waals surface area contributed by atoms with E-state index in [1.807, 2.05) is 6.92 Å². The number of esters is 1. The Labute approximate surface area is 110 Å². The molecule has 2 rings (SSSR count). The second kappa shape index (κ2) is 6.08. The Morgan fingerprint density at radius 2 is 2.11 bits per heavy atom. The molecule has 0 N–H and O–H groups in total. The van der Waals surface area contributed by atoms with Crippen LogP contribution in [0.3, 0.4) is 0 Å². The molecule has 0 saturated heterocycles. The van der Waals surface area contributed by atoms with Gasteiger partial charge in [-0.15, -0.1) is 0 Å². The van der Waals surface area contributed by atoms with Crippen LogP contribution in [-0.4, -0.2) is 27.7 Å². The zero-order chi connectivity index (χ0) is 13.7. The number of hydrogen-bond acceptors (Lipinski definition) is 6. The van der Waals surface area contributed by atoms with E-state index in [-0.39, 0.29) is 11.9 Å². The molecule has 6 nitrogen and oxygen atoms in total. The van der Waals surface area contributed by atoms with Crippen molar-refractivity contribution in [1.29, 1.82) is 0 Å². The normalized spacial score (nSPS) is 12.1. The lowest BCUT2D eigenvalue weighted by atomic mass is 10.1. The number of aromatic nitrogens is 3. The van der Waals surface area contributed by atoms with Crippen molar-refractivity contribution in [1.82, 2.24) is 15.1 Å². The van der Waals surface area contributed by atoms with Crippen molar-refractivity contribution < 1.29 is 14.1 Å². The van der Waals surface area contributed by atoms with Crippen molar-refractivity contribution in [3.8, 4) is 11.4 Å². The molecule has 0 aliphatic carbocycles. The van der Waals surface area contributed by atoms with Crippen molar-refractivity contribution in [2.45, 2.75) is 26.2 Å². The average molecular weight is 261 g/mol. The lowest BCUT2D eigenvalue weighted by Gasteiger charge is -2.08. The molecule has 19 heavy (non-hydrogen) atoms. The second-order valence-corrected chi connectivity index (χ2v) is 3.90. The molecule has 0 aromatic carbocycles. The van der Waals surface area contributed by atoms with Gasteiger partial charge in [0.25, 0.3) is 0 Å². The predicted molar refractivity (Wildman–Crippen MR) is 67.2 cm³/mol. The molecular weight excluding hydrogens is 246 g/mol. The summed E-state index contributed by atoms with van der Waals surface area (Å²) < 4.78 is 10.1. The van der Waals surface area contributed by atoms with Gasteiger partial charge in [0.2, 0.25) is 11.7 Å². The molecule has 0 bridgehead atoms. The fourth-order valence-corrected chi connectivity index (χ4v) is 1.68. The molecule has 2 heterocycles. The topological polar surface area (TPSA) is 78.1 Å². The van der Waals surface area contributed by atoms with Gasteiger partial charge in [0.05, 0.1) is 6.61 Å². The number of carbonyl (C=O) groups excluding carboxylic acids is 1. The maximum Gasteiger partial charge on any atom is 0.318 e. The highest BCUT2D eigenvalue weighted by Gasteiger charge is 2.26. The Kier molecular flexibility index (Phi) is 4.22. The van der Waals surface area contributed by atoms with Crippen LogP contribution in [0.4, 0.5) is 0 Å². The third-order valence-corrected chi connectivity index (χ3v) is 2.66. The maximum absolute atomic E-state index is 11.8. The van der Waals surface area contributed by atoms with E-state index in [9.17, 15) is 4.79 Å². The quantitative estimate of drug-likeness (QED) is 0.768. The van der Waals surface area contributed by atoms with Crippen LogP contribution in [0.25, 0.3) is 11.4 Å². The van der Waals surface area contributed by atoms with Crippen molar-refractivity contribution in [3.63, 3.8) is 0 Å². The summed E-state index contributed by atoms with van der Waals surface area (Å²) in [6.45, 7) is 3.97. The summed E-state index contributed by atoms with van der Waals surface area (Å²) in [5.74, 6) is -0.120. The highest BCUT2D eigenvalue weighted by atomic mass is 16.5. The molecule has 0 amide bonds. The first-order valence-corrected chi connectivity index (χ1v) is 6.16. The number of rotatable bonds is 5. The van der Waals surface area contributed by atoms with E-state index < -0.39 is 5.92 Å². The fourth-order valence-electron chi connectivity index (χ4n) is 1.68. The van der Waals surface area contributed by atoms with Gasteiger partial charge in [-0.2, -0.15) is 4.98 Å². The molecule has 2 aromatic rings. The smallest absolute Gasteiger partial charge is 0.318 e. The Hall–Kier alpha value is -2.24. The molecule has 0 saturated carbocycles. The van der Waals surface area contributed by atoms with E-state index in [4.69, 9.17) is 9.26 Å². The van der Waals surface area contributed by atoms with Crippen LogP contribution in [0, 0.1) is 0 Å². The Morgan fingerprint density at radius 1 is 1.37 bits per heavy atom. The number of carbonyl (C=O) groups is 1. The van der Waals surface area contributed by atoms with Crippen LogP contribution in [0.15, 0.2) is 29.0 Å². The predicted octanol–water partition coefficient (Wildman–Crippen LogP) is 2.19. The van der Waals surface area contributed by atoms with Crippen molar-refractivity contribution in [2.75, 3.05) is 6.61 Å². The molecule has 1 atom stereocenters. The van der Waals surface area contributed by atoms with Gasteiger partial charge in [0.15, 0.2) is 0 Å².